The highest BCUT2D eigenvalue weighted by molar-refractivity contribution is 6.19. The van der Waals surface area contributed by atoms with E-state index in [0.29, 0.717) is 25.0 Å². The lowest BCUT2D eigenvalue weighted by Crippen LogP contribution is -2.54. The van der Waals surface area contributed by atoms with Crippen LogP contribution in [0.2, 0.25) is 0 Å². The average Bonchev–Trinajstić information content (AvgIpc) is 2.79. The van der Waals surface area contributed by atoms with E-state index < -0.39 is 78.0 Å². The van der Waals surface area contributed by atoms with Crippen LogP contribution in [0.25, 0.3) is 0 Å². The van der Waals surface area contributed by atoms with Crippen molar-refractivity contribution >= 4 is 17.8 Å². The first-order valence-electron chi connectivity index (χ1n) is 11.0. The molecular weight excluding hydrogens is 500 g/mol. The van der Waals surface area contributed by atoms with Crippen molar-refractivity contribution in [2.75, 3.05) is 13.2 Å². The third-order valence-corrected chi connectivity index (χ3v) is 6.07. The number of alkyl halides is 6. The minimum absolute atomic E-state index is 0.0371. The fraction of sp³-hybridized carbons (Fsp3) is 0.500. The number of carboxylic acid groups (broad SMARTS) is 1. The normalized spacial score (nSPS) is 18.0. The van der Waals surface area contributed by atoms with Gasteiger partial charge in [-0.1, -0.05) is 25.3 Å². The summed E-state index contributed by atoms with van der Waals surface area (Å²) < 4.78 is 80.0. The minimum Gasteiger partial charge on any atom is -0.494 e. The molecule has 1 aliphatic carbocycles. The molecule has 198 valence electrons. The Hall–Kier alpha value is -3.45. The van der Waals surface area contributed by atoms with E-state index in [-0.39, 0.29) is 12.1 Å². The second kappa shape index (κ2) is 10.3. The molecule has 1 aromatic rings. The summed E-state index contributed by atoms with van der Waals surface area (Å²) in [6.45, 7) is -2.07. The molecule has 0 atom stereocenters. The Labute approximate surface area is 201 Å². The van der Waals surface area contributed by atoms with Crippen molar-refractivity contribution in [3.05, 3.63) is 46.3 Å². The lowest BCUT2D eigenvalue weighted by molar-refractivity contribution is -0.145. The van der Waals surface area contributed by atoms with E-state index in [1.807, 2.05) is 5.32 Å². The van der Waals surface area contributed by atoms with Gasteiger partial charge in [-0.2, -0.15) is 26.3 Å². The van der Waals surface area contributed by atoms with Gasteiger partial charge in [0.1, 0.15) is 6.54 Å². The number of amides is 2. The molecule has 0 spiro atoms. The third-order valence-electron chi connectivity index (χ3n) is 6.07. The molecule has 1 aliphatic heterocycles. The number of nitrogens with one attached hydrogen (secondary N) is 1. The molecule has 0 radical (unpaired) electrons. The highest BCUT2D eigenvalue weighted by Gasteiger charge is 2.42. The molecule has 3 rings (SSSR count). The van der Waals surface area contributed by atoms with E-state index in [4.69, 9.17) is 5.11 Å². The van der Waals surface area contributed by atoms with Crippen molar-refractivity contribution in [3.63, 3.8) is 0 Å². The predicted octanol–water partition coefficient (Wildman–Crippen LogP) is 3.63. The largest absolute Gasteiger partial charge is 0.494 e. The molecule has 1 aromatic carbocycles. The third kappa shape index (κ3) is 6.02. The summed E-state index contributed by atoms with van der Waals surface area (Å²) in [5.41, 5.74) is -4.56. The van der Waals surface area contributed by atoms with Crippen LogP contribution >= 0.6 is 0 Å². The van der Waals surface area contributed by atoms with E-state index in [1.165, 1.54) is 4.90 Å². The van der Waals surface area contributed by atoms with Crippen LogP contribution < -0.4 is 5.32 Å². The lowest BCUT2D eigenvalue weighted by Gasteiger charge is -2.42. The standard InChI is InChI=1S/C22H23F6N3O5/c23-21(24,25)13-7-6-12(15(8-13)22(26,27)28)10-30-11-31(14-4-2-1-3-5-14)20(36)17(19(30)35)18(34)29-9-16(32)33/h6-8,14,35H,1-5,9-11H2,(H,29,34)(H,32,33). The van der Waals surface area contributed by atoms with Crippen molar-refractivity contribution in [1.29, 1.82) is 0 Å². The zero-order chi connectivity index (χ0) is 26.8. The Morgan fingerprint density at radius 2 is 1.67 bits per heavy atom. The van der Waals surface area contributed by atoms with Gasteiger partial charge in [0.2, 0.25) is 5.88 Å². The maximum absolute atomic E-state index is 13.6. The van der Waals surface area contributed by atoms with Gasteiger partial charge in [0.25, 0.3) is 11.8 Å². The van der Waals surface area contributed by atoms with Crippen molar-refractivity contribution in [2.24, 2.45) is 0 Å². The lowest BCUT2D eigenvalue weighted by atomic mass is 9.93. The number of aliphatic hydroxyl groups is 1. The quantitative estimate of drug-likeness (QED) is 0.388. The van der Waals surface area contributed by atoms with Gasteiger partial charge in [0.15, 0.2) is 5.57 Å². The number of carbonyl (C=O) groups is 3. The number of aliphatic carboxylic acids is 1. The van der Waals surface area contributed by atoms with E-state index in [2.05, 4.69) is 0 Å². The zero-order valence-corrected chi connectivity index (χ0v) is 18.7. The molecule has 3 N–H and O–H groups in total. The van der Waals surface area contributed by atoms with Crippen molar-refractivity contribution in [1.82, 2.24) is 15.1 Å². The Bertz CT molecular complexity index is 1060. The topological polar surface area (TPSA) is 110 Å². The Morgan fingerprint density at radius 3 is 2.22 bits per heavy atom. The van der Waals surface area contributed by atoms with Gasteiger partial charge in [-0.05, 0) is 30.5 Å². The fourth-order valence-corrected chi connectivity index (χ4v) is 4.31. The van der Waals surface area contributed by atoms with Crippen molar-refractivity contribution < 1.29 is 50.9 Å². The first-order valence-corrected chi connectivity index (χ1v) is 11.0. The molecule has 0 saturated heterocycles. The molecule has 8 nitrogen and oxygen atoms in total. The number of carboxylic acids is 1. The van der Waals surface area contributed by atoms with E-state index in [9.17, 15) is 45.8 Å². The molecular formula is C22H23F6N3O5. The van der Waals surface area contributed by atoms with Crippen LogP contribution in [-0.2, 0) is 33.3 Å². The maximum atomic E-state index is 13.6. The second-order valence-corrected chi connectivity index (χ2v) is 8.55. The van der Waals surface area contributed by atoms with Gasteiger partial charge in [-0.15, -0.1) is 0 Å². The molecule has 1 saturated carbocycles. The van der Waals surface area contributed by atoms with Crippen LogP contribution in [0, 0.1) is 0 Å². The molecule has 2 amide bonds. The van der Waals surface area contributed by atoms with E-state index in [1.54, 1.807) is 0 Å². The van der Waals surface area contributed by atoms with Gasteiger partial charge in [-0.25, -0.2) is 0 Å². The summed E-state index contributed by atoms with van der Waals surface area (Å²) in [4.78, 5) is 38.5. The number of rotatable bonds is 6. The summed E-state index contributed by atoms with van der Waals surface area (Å²) >= 11 is 0. The Morgan fingerprint density at radius 1 is 1.03 bits per heavy atom. The number of benzene rings is 1. The number of nitrogens with zero attached hydrogens (tertiary/aromatic N) is 2. The fourth-order valence-electron chi connectivity index (χ4n) is 4.31. The van der Waals surface area contributed by atoms with Gasteiger partial charge in [0, 0.05) is 12.6 Å². The number of carbonyl (C=O) groups excluding carboxylic acids is 2. The molecule has 1 heterocycles. The van der Waals surface area contributed by atoms with Gasteiger partial charge < -0.3 is 25.3 Å². The maximum Gasteiger partial charge on any atom is 0.416 e. The SMILES string of the molecule is O=C(O)CNC(=O)C1=C(O)N(Cc2ccc(C(F)(F)F)cc2C(F)(F)F)CN(C2CCCCC2)C1=O. The molecule has 14 heteroatoms. The molecule has 36 heavy (non-hydrogen) atoms. The number of aliphatic hydroxyl groups excluding tert-OH is 1. The monoisotopic (exact) mass is 523 g/mol. The predicted molar refractivity (Wildman–Crippen MR) is 111 cm³/mol. The van der Waals surface area contributed by atoms with Gasteiger partial charge in [-0.3, -0.25) is 14.4 Å². The molecule has 2 aliphatic rings. The summed E-state index contributed by atoms with van der Waals surface area (Å²) in [5, 5.41) is 21.4. The molecule has 1 fully saturated rings. The first kappa shape index (κ1) is 27.1. The summed E-state index contributed by atoms with van der Waals surface area (Å²) in [5.74, 6) is -4.59. The summed E-state index contributed by atoms with van der Waals surface area (Å²) in [6, 6.07) is 0.674. The highest BCUT2D eigenvalue weighted by atomic mass is 19.4. The van der Waals surface area contributed by atoms with Crippen molar-refractivity contribution in [3.8, 4) is 0 Å². The molecule has 0 aromatic heterocycles. The van der Waals surface area contributed by atoms with Crippen LogP contribution in [0.4, 0.5) is 26.3 Å². The first-order chi connectivity index (χ1) is 16.7. The highest BCUT2D eigenvalue weighted by Crippen LogP contribution is 2.38. The second-order valence-electron chi connectivity index (χ2n) is 8.55. The van der Waals surface area contributed by atoms with Crippen LogP contribution in [0.3, 0.4) is 0 Å². The average molecular weight is 523 g/mol. The van der Waals surface area contributed by atoms with Gasteiger partial charge in [0.05, 0.1) is 17.8 Å². The molecule has 0 unspecified atom stereocenters. The van der Waals surface area contributed by atoms with E-state index in [0.717, 1.165) is 24.2 Å². The van der Waals surface area contributed by atoms with Crippen LogP contribution in [-0.4, -0.2) is 57.1 Å². The Kier molecular flexibility index (Phi) is 7.74. The van der Waals surface area contributed by atoms with Crippen LogP contribution in [0.15, 0.2) is 29.7 Å². The van der Waals surface area contributed by atoms with Gasteiger partial charge >= 0.3 is 18.3 Å². The Balaban J connectivity index is 2.02. The van der Waals surface area contributed by atoms with E-state index >= 15 is 0 Å². The number of hydrogen-bond acceptors (Lipinski definition) is 5. The minimum atomic E-state index is -5.16. The van der Waals surface area contributed by atoms with Crippen LogP contribution in [0.5, 0.6) is 0 Å². The smallest absolute Gasteiger partial charge is 0.416 e. The summed E-state index contributed by atoms with van der Waals surface area (Å²) in [7, 11) is 0. The number of hydrogen-bond donors (Lipinski definition) is 3. The molecule has 0 bridgehead atoms. The van der Waals surface area contributed by atoms with Crippen LogP contribution in [0.1, 0.15) is 48.8 Å². The summed E-state index contributed by atoms with van der Waals surface area (Å²) in [6.07, 6.45) is -6.70. The number of halogens is 6. The van der Waals surface area contributed by atoms with Crippen molar-refractivity contribution in [2.45, 2.75) is 57.0 Å². The zero-order valence-electron chi connectivity index (χ0n) is 18.7.